The highest BCUT2D eigenvalue weighted by Crippen LogP contribution is 2.07. The molecule has 4 amide bonds. The van der Waals surface area contributed by atoms with Crippen molar-refractivity contribution in [2.24, 2.45) is 11.5 Å². The van der Waals surface area contributed by atoms with Gasteiger partial charge in [0.15, 0.2) is 6.29 Å². The van der Waals surface area contributed by atoms with Gasteiger partial charge in [-0.05, 0) is 25.7 Å². The van der Waals surface area contributed by atoms with Gasteiger partial charge < -0.3 is 53.0 Å². The van der Waals surface area contributed by atoms with Crippen molar-refractivity contribution < 1.29 is 59.1 Å². The fourth-order valence-electron chi connectivity index (χ4n) is 3.10. The van der Waals surface area contributed by atoms with E-state index >= 15 is 0 Å². The number of primary amides is 1. The molecule has 38 heavy (non-hydrogen) atoms. The zero-order valence-electron chi connectivity index (χ0n) is 20.5. The molecule has 0 aromatic carbocycles. The summed E-state index contributed by atoms with van der Waals surface area (Å²) in [6.07, 6.45) is -4.76. The van der Waals surface area contributed by atoms with E-state index in [4.69, 9.17) is 31.9 Å². The lowest BCUT2D eigenvalue weighted by Crippen LogP contribution is -2.44. The Hall–Kier alpha value is -3.83. The van der Waals surface area contributed by atoms with E-state index in [0.717, 1.165) is 0 Å². The highest BCUT2D eigenvalue weighted by Gasteiger charge is 2.25. The SMILES string of the molecule is NC(=O)CCC(NC(=O)CCC(CC(=O)O)NC(=O)CCC(NC(=O)CCC(N)C(O)O)C(=O)O)C(=O)O. The third-order valence-corrected chi connectivity index (χ3v) is 5.20. The van der Waals surface area contributed by atoms with Crippen molar-refractivity contribution in [2.45, 2.75) is 88.2 Å². The fourth-order valence-corrected chi connectivity index (χ4v) is 3.10. The van der Waals surface area contributed by atoms with E-state index in [9.17, 15) is 38.7 Å². The van der Waals surface area contributed by atoms with Gasteiger partial charge in [0, 0.05) is 31.7 Å². The van der Waals surface area contributed by atoms with Crippen molar-refractivity contribution >= 4 is 41.5 Å². The van der Waals surface area contributed by atoms with Gasteiger partial charge in [0.2, 0.25) is 23.6 Å². The minimum absolute atomic E-state index is 0.140. The van der Waals surface area contributed by atoms with Crippen LogP contribution in [-0.2, 0) is 33.6 Å². The molecule has 0 bridgehead atoms. The van der Waals surface area contributed by atoms with Crippen LogP contribution in [0.2, 0.25) is 0 Å². The Balaban J connectivity index is 4.86. The number of carbonyl (C=O) groups is 7. The van der Waals surface area contributed by atoms with Crippen LogP contribution < -0.4 is 27.4 Å². The molecule has 0 heterocycles. The second-order valence-corrected chi connectivity index (χ2v) is 8.48. The first-order valence-electron chi connectivity index (χ1n) is 11.6. The van der Waals surface area contributed by atoms with Crippen molar-refractivity contribution in [1.29, 1.82) is 0 Å². The average Bonchev–Trinajstić information content (AvgIpc) is 2.80. The third-order valence-electron chi connectivity index (χ3n) is 5.20. The number of hydrogen-bond acceptors (Lipinski definition) is 10. The molecule has 0 aliphatic heterocycles. The minimum Gasteiger partial charge on any atom is -0.481 e. The van der Waals surface area contributed by atoms with Crippen LogP contribution in [-0.4, -0.2) is 97.5 Å². The lowest BCUT2D eigenvalue weighted by molar-refractivity contribution is -0.142. The van der Waals surface area contributed by atoms with Gasteiger partial charge in [-0.1, -0.05) is 0 Å². The predicted octanol–water partition coefficient (Wildman–Crippen LogP) is -3.67. The maximum atomic E-state index is 12.3. The number of rotatable bonds is 20. The Morgan fingerprint density at radius 3 is 1.47 bits per heavy atom. The quantitative estimate of drug-likeness (QED) is 0.0655. The smallest absolute Gasteiger partial charge is 0.326 e. The fraction of sp³-hybridized carbons (Fsp3) is 0.667. The van der Waals surface area contributed by atoms with Gasteiger partial charge in [-0.25, -0.2) is 9.59 Å². The standard InChI is InChI=1S/C21H35N5O12/c22-11(19(33)34)2-7-17(30)26-13(21(37)38)4-8-15(28)24-10(9-18(31)32)1-6-16(29)25-12(20(35)36)3-5-14(23)27/h10-13,19,33-34H,1-9,22H2,(H2,23,27)(H,24,28)(H,25,29)(H,26,30)(H,31,32)(H,35,36)(H,37,38). The zero-order valence-corrected chi connectivity index (χ0v) is 20.5. The Kier molecular flexibility index (Phi) is 15.8. The molecule has 0 saturated heterocycles. The molecule has 216 valence electrons. The molecule has 4 unspecified atom stereocenters. The van der Waals surface area contributed by atoms with Crippen LogP contribution in [0.3, 0.4) is 0 Å². The van der Waals surface area contributed by atoms with Gasteiger partial charge in [-0.3, -0.25) is 24.0 Å². The van der Waals surface area contributed by atoms with Crippen LogP contribution in [0.25, 0.3) is 0 Å². The lowest BCUT2D eigenvalue weighted by atomic mass is 10.1. The summed E-state index contributed by atoms with van der Waals surface area (Å²) < 4.78 is 0. The molecular formula is C21H35N5O12. The number of carboxylic acid groups (broad SMARTS) is 3. The van der Waals surface area contributed by atoms with Gasteiger partial charge >= 0.3 is 17.9 Å². The first-order chi connectivity index (χ1) is 17.6. The first-order valence-corrected chi connectivity index (χ1v) is 11.6. The second kappa shape index (κ2) is 17.6. The minimum atomic E-state index is -1.85. The molecule has 0 aromatic heterocycles. The van der Waals surface area contributed by atoms with E-state index in [1.54, 1.807) is 0 Å². The molecule has 0 aliphatic carbocycles. The normalized spacial score (nSPS) is 14.0. The second-order valence-electron chi connectivity index (χ2n) is 8.48. The van der Waals surface area contributed by atoms with Gasteiger partial charge in [0.25, 0.3) is 0 Å². The van der Waals surface area contributed by atoms with E-state index in [2.05, 4.69) is 16.0 Å². The molecule has 12 N–H and O–H groups in total. The summed E-state index contributed by atoms with van der Waals surface area (Å²) in [6, 6.07) is -5.03. The van der Waals surface area contributed by atoms with Crippen LogP contribution >= 0.6 is 0 Å². The van der Waals surface area contributed by atoms with Crippen molar-refractivity contribution in [3.8, 4) is 0 Å². The van der Waals surface area contributed by atoms with Crippen molar-refractivity contribution in [1.82, 2.24) is 16.0 Å². The summed E-state index contributed by atoms with van der Waals surface area (Å²) in [5.74, 6) is -7.18. The summed E-state index contributed by atoms with van der Waals surface area (Å²) in [5.41, 5.74) is 10.3. The molecule has 0 radical (unpaired) electrons. The Bertz CT molecular complexity index is 866. The lowest BCUT2D eigenvalue weighted by Gasteiger charge is -2.19. The van der Waals surface area contributed by atoms with Crippen molar-refractivity contribution in [2.75, 3.05) is 0 Å². The van der Waals surface area contributed by atoms with E-state index < -0.39 is 84.8 Å². The molecular weight excluding hydrogens is 514 g/mol. The molecule has 0 rings (SSSR count). The van der Waals surface area contributed by atoms with Crippen molar-refractivity contribution in [3.63, 3.8) is 0 Å². The number of aliphatic hydroxyl groups is 2. The topological polar surface area (TPSA) is 309 Å². The summed E-state index contributed by atoms with van der Waals surface area (Å²) in [5, 5.41) is 52.0. The third kappa shape index (κ3) is 16.0. The van der Waals surface area contributed by atoms with Crippen LogP contribution in [0, 0.1) is 0 Å². The van der Waals surface area contributed by atoms with Crippen LogP contribution in [0.1, 0.15) is 57.8 Å². The number of aliphatic hydroxyl groups excluding tert-OH is 1. The van der Waals surface area contributed by atoms with Gasteiger partial charge in [0.1, 0.15) is 12.1 Å². The molecule has 0 aliphatic rings. The first kappa shape index (κ1) is 34.2. The Morgan fingerprint density at radius 2 is 1.05 bits per heavy atom. The summed E-state index contributed by atoms with van der Waals surface area (Å²) >= 11 is 0. The summed E-state index contributed by atoms with van der Waals surface area (Å²) in [4.78, 5) is 80.9. The Labute approximate surface area is 216 Å². The number of carboxylic acids is 3. The molecule has 0 aromatic rings. The molecule has 0 saturated carbocycles. The maximum Gasteiger partial charge on any atom is 0.326 e. The monoisotopic (exact) mass is 549 g/mol. The highest BCUT2D eigenvalue weighted by molar-refractivity contribution is 5.85. The van der Waals surface area contributed by atoms with Gasteiger partial charge in [0.05, 0.1) is 12.5 Å². The number of aliphatic carboxylic acids is 3. The number of carbonyl (C=O) groups excluding carboxylic acids is 4. The molecule has 0 spiro atoms. The predicted molar refractivity (Wildman–Crippen MR) is 126 cm³/mol. The molecule has 17 heteroatoms. The summed E-state index contributed by atoms with van der Waals surface area (Å²) in [6.45, 7) is 0. The average molecular weight is 550 g/mol. The molecule has 17 nitrogen and oxygen atoms in total. The van der Waals surface area contributed by atoms with Gasteiger partial charge in [-0.15, -0.1) is 0 Å². The highest BCUT2D eigenvalue weighted by atomic mass is 16.5. The van der Waals surface area contributed by atoms with Gasteiger partial charge in [-0.2, -0.15) is 0 Å². The van der Waals surface area contributed by atoms with E-state index in [1.807, 2.05) is 0 Å². The number of amides is 4. The number of hydrogen-bond donors (Lipinski definition) is 10. The Morgan fingerprint density at radius 1 is 0.632 bits per heavy atom. The van der Waals surface area contributed by atoms with E-state index in [0.29, 0.717) is 0 Å². The van der Waals surface area contributed by atoms with Crippen LogP contribution in [0.5, 0.6) is 0 Å². The van der Waals surface area contributed by atoms with E-state index in [1.165, 1.54) is 0 Å². The van der Waals surface area contributed by atoms with Crippen LogP contribution in [0.15, 0.2) is 0 Å². The number of nitrogens with one attached hydrogen (secondary N) is 3. The molecule has 0 fully saturated rings. The van der Waals surface area contributed by atoms with E-state index in [-0.39, 0.29) is 44.9 Å². The number of nitrogens with two attached hydrogens (primary N) is 2. The van der Waals surface area contributed by atoms with Crippen molar-refractivity contribution in [3.05, 3.63) is 0 Å². The van der Waals surface area contributed by atoms with Crippen LogP contribution in [0.4, 0.5) is 0 Å². The molecule has 4 atom stereocenters. The zero-order chi connectivity index (χ0) is 29.4. The largest absolute Gasteiger partial charge is 0.481 e. The maximum absolute atomic E-state index is 12.3. The summed E-state index contributed by atoms with van der Waals surface area (Å²) in [7, 11) is 0.